The molecule has 0 aliphatic rings. The number of hydrogen-bond donors (Lipinski definition) is 3. The van der Waals surface area contributed by atoms with E-state index in [0.717, 1.165) is 5.69 Å². The van der Waals surface area contributed by atoms with Gasteiger partial charge in [0.15, 0.2) is 0 Å². The van der Waals surface area contributed by atoms with Crippen LogP contribution in [0.4, 0.5) is 5.69 Å². The molecule has 0 spiro atoms. The van der Waals surface area contributed by atoms with Crippen LogP contribution in [-0.2, 0) is 15.8 Å². The first-order chi connectivity index (χ1) is 10.2. The maximum Gasteiger partial charge on any atom is 0.267 e. The van der Waals surface area contributed by atoms with Crippen molar-refractivity contribution in [2.24, 2.45) is 0 Å². The van der Waals surface area contributed by atoms with Crippen LogP contribution in [0.25, 0.3) is 6.08 Å². The van der Waals surface area contributed by atoms with Gasteiger partial charge in [-0.25, -0.2) is 9.69 Å². The number of nitrogens with one attached hydrogen (secondary N) is 2. The van der Waals surface area contributed by atoms with Crippen molar-refractivity contribution in [1.82, 2.24) is 5.48 Å². The second kappa shape index (κ2) is 7.37. The van der Waals surface area contributed by atoms with E-state index in [-0.39, 0.29) is 0 Å². The summed E-state index contributed by atoms with van der Waals surface area (Å²) < 4.78 is 15.1. The van der Waals surface area contributed by atoms with Crippen LogP contribution in [0.5, 0.6) is 0 Å². The van der Waals surface area contributed by atoms with Crippen molar-refractivity contribution in [2.75, 3.05) is 4.72 Å². The van der Waals surface area contributed by atoms with Crippen LogP contribution in [0.1, 0.15) is 5.56 Å². The van der Waals surface area contributed by atoms with Crippen molar-refractivity contribution in [3.05, 3.63) is 66.2 Å². The quantitative estimate of drug-likeness (QED) is 0.450. The predicted octanol–water partition coefficient (Wildman–Crippen LogP) is 2.34. The second-order valence-corrected chi connectivity index (χ2v) is 5.33. The molecule has 0 saturated heterocycles. The summed E-state index contributed by atoms with van der Waals surface area (Å²) in [5.74, 6) is -0.621. The molecule has 3 N–H and O–H groups in total. The molecule has 2 aromatic rings. The third kappa shape index (κ3) is 4.55. The summed E-state index contributed by atoms with van der Waals surface area (Å²) in [6.07, 6.45) is 2.71. The number of carbonyl (C=O) groups excluding carboxylic acids is 1. The fraction of sp³-hybridized carbons (Fsp3) is 0. The summed E-state index contributed by atoms with van der Waals surface area (Å²) in [5, 5.41) is 8.41. The summed E-state index contributed by atoms with van der Waals surface area (Å²) in [7, 11) is -1.39. The minimum Gasteiger partial charge on any atom is -0.301 e. The van der Waals surface area contributed by atoms with Gasteiger partial charge in [-0.05, 0) is 35.9 Å². The van der Waals surface area contributed by atoms with E-state index in [1.807, 2.05) is 30.3 Å². The number of amides is 1. The molecule has 0 fully saturated rings. The minimum absolute atomic E-state index is 0.588. The van der Waals surface area contributed by atoms with Crippen LogP contribution in [-0.4, -0.2) is 15.3 Å². The van der Waals surface area contributed by atoms with Crippen LogP contribution < -0.4 is 10.2 Å². The van der Waals surface area contributed by atoms with E-state index in [0.29, 0.717) is 10.5 Å². The molecule has 2 aromatic carbocycles. The topological polar surface area (TPSA) is 78.4 Å². The van der Waals surface area contributed by atoms with E-state index in [1.165, 1.54) is 17.6 Å². The Morgan fingerprint density at radius 2 is 1.86 bits per heavy atom. The number of carbonyl (C=O) groups is 1. The molecule has 5 nitrogen and oxygen atoms in total. The molecule has 0 saturated carbocycles. The van der Waals surface area contributed by atoms with E-state index in [9.17, 15) is 9.00 Å². The number of rotatable bonds is 5. The molecule has 21 heavy (non-hydrogen) atoms. The standard InChI is InChI=1S/C15H14N2O3S/c18-15(16-19)10-9-12-5-4-8-14(11-12)21(20)17-13-6-2-1-3-7-13/h1-11,17,19H,(H,16,18)/b10-9-. The first kappa shape index (κ1) is 15.0. The molecule has 0 aliphatic heterocycles. The van der Waals surface area contributed by atoms with Gasteiger partial charge in [0.05, 0.1) is 4.90 Å². The summed E-state index contributed by atoms with van der Waals surface area (Å²) in [6, 6.07) is 16.2. The first-order valence-electron chi connectivity index (χ1n) is 6.15. The molecule has 6 heteroatoms. The molecule has 1 amide bonds. The van der Waals surface area contributed by atoms with Crippen LogP contribution >= 0.6 is 0 Å². The largest absolute Gasteiger partial charge is 0.301 e. The fourth-order valence-corrected chi connectivity index (χ4v) is 2.53. The molecular formula is C15H14N2O3S. The van der Waals surface area contributed by atoms with E-state index in [4.69, 9.17) is 5.21 Å². The van der Waals surface area contributed by atoms with Crippen LogP contribution in [0.2, 0.25) is 0 Å². The predicted molar refractivity (Wildman–Crippen MR) is 81.9 cm³/mol. The van der Waals surface area contributed by atoms with Crippen LogP contribution in [0, 0.1) is 0 Å². The Labute approximate surface area is 124 Å². The van der Waals surface area contributed by atoms with Crippen molar-refractivity contribution >= 4 is 28.7 Å². The van der Waals surface area contributed by atoms with Gasteiger partial charge in [0.25, 0.3) is 5.91 Å². The molecule has 0 aromatic heterocycles. The molecule has 0 aliphatic carbocycles. The summed E-state index contributed by atoms with van der Waals surface area (Å²) >= 11 is 0. The summed E-state index contributed by atoms with van der Waals surface area (Å²) in [4.78, 5) is 11.5. The second-order valence-electron chi connectivity index (χ2n) is 4.12. The molecule has 1 unspecified atom stereocenters. The van der Waals surface area contributed by atoms with Gasteiger partial charge in [-0.1, -0.05) is 30.3 Å². The van der Waals surface area contributed by atoms with Gasteiger partial charge >= 0.3 is 0 Å². The molecule has 0 radical (unpaired) electrons. The number of anilines is 1. The Hall–Kier alpha value is -2.44. The Balaban J connectivity index is 2.11. The van der Waals surface area contributed by atoms with Gasteiger partial charge in [-0.3, -0.25) is 10.0 Å². The Kier molecular flexibility index (Phi) is 5.25. The SMILES string of the molecule is O=C(/C=C\c1cccc(S(=O)Nc2ccccc2)c1)NO. The van der Waals surface area contributed by atoms with Crippen molar-refractivity contribution < 1.29 is 14.2 Å². The van der Waals surface area contributed by atoms with Gasteiger partial charge in [-0.2, -0.15) is 0 Å². The zero-order valence-corrected chi connectivity index (χ0v) is 11.8. The lowest BCUT2D eigenvalue weighted by Crippen LogP contribution is -2.14. The number of para-hydroxylation sites is 1. The number of hydrogen-bond acceptors (Lipinski definition) is 3. The minimum atomic E-state index is -1.39. The Morgan fingerprint density at radius 1 is 1.10 bits per heavy atom. The highest BCUT2D eigenvalue weighted by molar-refractivity contribution is 7.86. The van der Waals surface area contributed by atoms with Crippen molar-refractivity contribution in [2.45, 2.75) is 4.90 Å². The Morgan fingerprint density at radius 3 is 2.57 bits per heavy atom. The zero-order chi connectivity index (χ0) is 15.1. The fourth-order valence-electron chi connectivity index (χ4n) is 1.61. The third-order valence-corrected chi connectivity index (χ3v) is 3.70. The lowest BCUT2D eigenvalue weighted by atomic mass is 10.2. The van der Waals surface area contributed by atoms with E-state index < -0.39 is 16.9 Å². The average molecular weight is 302 g/mol. The highest BCUT2D eigenvalue weighted by atomic mass is 32.2. The molecule has 0 heterocycles. The summed E-state index contributed by atoms with van der Waals surface area (Å²) in [6.45, 7) is 0. The van der Waals surface area contributed by atoms with Gasteiger partial charge in [0.2, 0.25) is 0 Å². The highest BCUT2D eigenvalue weighted by Crippen LogP contribution is 2.14. The summed E-state index contributed by atoms with van der Waals surface area (Å²) in [5.41, 5.74) is 2.98. The highest BCUT2D eigenvalue weighted by Gasteiger charge is 2.04. The van der Waals surface area contributed by atoms with Crippen molar-refractivity contribution in [1.29, 1.82) is 0 Å². The molecule has 0 bridgehead atoms. The zero-order valence-electron chi connectivity index (χ0n) is 11.0. The van der Waals surface area contributed by atoms with Gasteiger partial charge < -0.3 is 4.72 Å². The first-order valence-corrected chi connectivity index (χ1v) is 7.30. The Bertz CT molecular complexity index is 672. The maximum absolute atomic E-state index is 12.2. The van der Waals surface area contributed by atoms with E-state index >= 15 is 0 Å². The molecule has 2 rings (SSSR count). The van der Waals surface area contributed by atoms with Gasteiger partial charge in [0.1, 0.15) is 11.0 Å². The monoisotopic (exact) mass is 302 g/mol. The van der Waals surface area contributed by atoms with E-state index in [2.05, 4.69) is 4.72 Å². The average Bonchev–Trinajstić information content (AvgIpc) is 2.53. The normalized spacial score (nSPS) is 12.0. The number of hydroxylamine groups is 1. The lowest BCUT2D eigenvalue weighted by molar-refractivity contribution is -0.124. The number of benzene rings is 2. The van der Waals surface area contributed by atoms with E-state index in [1.54, 1.807) is 24.3 Å². The smallest absolute Gasteiger partial charge is 0.267 e. The van der Waals surface area contributed by atoms with Crippen LogP contribution in [0.3, 0.4) is 0 Å². The van der Waals surface area contributed by atoms with Crippen molar-refractivity contribution in [3.8, 4) is 0 Å². The maximum atomic E-state index is 12.2. The molecular weight excluding hydrogens is 288 g/mol. The molecule has 108 valence electrons. The lowest BCUT2D eigenvalue weighted by Gasteiger charge is -2.06. The van der Waals surface area contributed by atoms with Crippen molar-refractivity contribution in [3.63, 3.8) is 0 Å². The van der Waals surface area contributed by atoms with Gasteiger partial charge in [-0.15, -0.1) is 0 Å². The third-order valence-electron chi connectivity index (χ3n) is 2.59. The van der Waals surface area contributed by atoms with Gasteiger partial charge in [0, 0.05) is 11.8 Å². The van der Waals surface area contributed by atoms with Crippen LogP contribution in [0.15, 0.2) is 65.6 Å². The molecule has 1 atom stereocenters.